The number of hydrogen-bond acceptors (Lipinski definition) is 3. The molecule has 2 aromatic rings. The smallest absolute Gasteiger partial charge is 0.162 e. The summed E-state index contributed by atoms with van der Waals surface area (Å²) in [4.78, 5) is 0. The van der Waals surface area contributed by atoms with Gasteiger partial charge in [-0.05, 0) is 35.4 Å². The normalized spacial score (nSPS) is 10.4. The molecule has 20 heavy (non-hydrogen) atoms. The van der Waals surface area contributed by atoms with Crippen LogP contribution in [0.25, 0.3) is 0 Å². The van der Waals surface area contributed by atoms with E-state index in [1.807, 2.05) is 0 Å². The van der Waals surface area contributed by atoms with Crippen LogP contribution in [0.5, 0.6) is 11.5 Å². The van der Waals surface area contributed by atoms with Crippen molar-refractivity contribution < 1.29 is 23.4 Å². The zero-order valence-electron chi connectivity index (χ0n) is 10.9. The van der Waals surface area contributed by atoms with Gasteiger partial charge < -0.3 is 14.6 Å². The Labute approximate surface area is 115 Å². The Morgan fingerprint density at radius 2 is 1.65 bits per heavy atom. The summed E-state index contributed by atoms with van der Waals surface area (Å²) in [6, 6.07) is 8.18. The standard InChI is InChI=1S/C15H14F2O3/c1-19-14-3-2-10(8-18)6-15(14)20-9-11-4-12(16)7-13(17)5-11/h2-7,18H,8-9H2,1H3. The van der Waals surface area contributed by atoms with Gasteiger partial charge >= 0.3 is 0 Å². The quantitative estimate of drug-likeness (QED) is 0.915. The molecule has 0 aromatic heterocycles. The number of aliphatic hydroxyl groups excluding tert-OH is 1. The first kappa shape index (κ1) is 14.3. The summed E-state index contributed by atoms with van der Waals surface area (Å²) in [5, 5.41) is 9.09. The number of ether oxygens (including phenoxy) is 2. The van der Waals surface area contributed by atoms with Crippen LogP contribution in [0, 0.1) is 11.6 Å². The lowest BCUT2D eigenvalue weighted by Crippen LogP contribution is -2.00. The molecule has 0 amide bonds. The van der Waals surface area contributed by atoms with Crippen molar-refractivity contribution in [3.8, 4) is 11.5 Å². The van der Waals surface area contributed by atoms with Crippen LogP contribution in [0.15, 0.2) is 36.4 Å². The van der Waals surface area contributed by atoms with E-state index >= 15 is 0 Å². The third-order valence-electron chi connectivity index (χ3n) is 2.73. The molecule has 0 aliphatic carbocycles. The maximum atomic E-state index is 13.1. The maximum Gasteiger partial charge on any atom is 0.162 e. The van der Waals surface area contributed by atoms with Gasteiger partial charge in [0.05, 0.1) is 13.7 Å². The van der Waals surface area contributed by atoms with Crippen molar-refractivity contribution >= 4 is 0 Å². The molecule has 0 saturated carbocycles. The highest BCUT2D eigenvalue weighted by Crippen LogP contribution is 2.29. The first-order valence-corrected chi connectivity index (χ1v) is 5.98. The van der Waals surface area contributed by atoms with Crippen molar-refractivity contribution in [3.63, 3.8) is 0 Å². The Hall–Kier alpha value is -2.14. The van der Waals surface area contributed by atoms with Crippen LogP contribution < -0.4 is 9.47 Å². The van der Waals surface area contributed by atoms with Gasteiger partial charge in [-0.15, -0.1) is 0 Å². The van der Waals surface area contributed by atoms with E-state index in [2.05, 4.69) is 0 Å². The summed E-state index contributed by atoms with van der Waals surface area (Å²) in [6.45, 7) is -0.130. The molecular formula is C15H14F2O3. The molecule has 1 N–H and O–H groups in total. The Bertz CT molecular complexity index is 579. The fourth-order valence-electron chi connectivity index (χ4n) is 1.79. The first-order valence-electron chi connectivity index (χ1n) is 5.98. The predicted octanol–water partition coefficient (Wildman–Crippen LogP) is 3.04. The second kappa shape index (κ2) is 6.34. The summed E-state index contributed by atoms with van der Waals surface area (Å²) in [6.07, 6.45) is 0. The van der Waals surface area contributed by atoms with E-state index < -0.39 is 11.6 Å². The van der Waals surface area contributed by atoms with Gasteiger partial charge in [0, 0.05) is 6.07 Å². The van der Waals surface area contributed by atoms with Crippen molar-refractivity contribution in [2.75, 3.05) is 7.11 Å². The summed E-state index contributed by atoms with van der Waals surface area (Å²) >= 11 is 0. The number of hydrogen-bond donors (Lipinski definition) is 1. The van der Waals surface area contributed by atoms with Gasteiger partial charge in [0.15, 0.2) is 11.5 Å². The minimum Gasteiger partial charge on any atom is -0.493 e. The molecular weight excluding hydrogens is 266 g/mol. The number of rotatable bonds is 5. The van der Waals surface area contributed by atoms with Crippen molar-refractivity contribution in [2.24, 2.45) is 0 Å². The fraction of sp³-hybridized carbons (Fsp3) is 0.200. The third kappa shape index (κ3) is 3.45. The Balaban J connectivity index is 2.17. The third-order valence-corrected chi connectivity index (χ3v) is 2.73. The van der Waals surface area contributed by atoms with Gasteiger partial charge in [0.25, 0.3) is 0 Å². The molecule has 0 atom stereocenters. The van der Waals surface area contributed by atoms with E-state index in [4.69, 9.17) is 14.6 Å². The van der Waals surface area contributed by atoms with Crippen LogP contribution in [0.3, 0.4) is 0 Å². The van der Waals surface area contributed by atoms with Crippen LogP contribution >= 0.6 is 0 Å². The average molecular weight is 280 g/mol. The maximum absolute atomic E-state index is 13.1. The number of aliphatic hydroxyl groups is 1. The Morgan fingerprint density at radius 3 is 2.25 bits per heavy atom. The second-order valence-electron chi connectivity index (χ2n) is 4.21. The highest BCUT2D eigenvalue weighted by Gasteiger charge is 2.07. The number of halogens is 2. The summed E-state index contributed by atoms with van der Waals surface area (Å²) < 4.78 is 36.8. The zero-order chi connectivity index (χ0) is 14.5. The predicted molar refractivity (Wildman–Crippen MR) is 69.6 cm³/mol. The van der Waals surface area contributed by atoms with Crippen molar-refractivity contribution in [1.82, 2.24) is 0 Å². The van der Waals surface area contributed by atoms with Gasteiger partial charge in [0.2, 0.25) is 0 Å². The number of benzene rings is 2. The van der Waals surface area contributed by atoms with Crippen LogP contribution in [0.2, 0.25) is 0 Å². The summed E-state index contributed by atoms with van der Waals surface area (Å²) in [5.41, 5.74) is 1.03. The molecule has 3 nitrogen and oxygen atoms in total. The highest BCUT2D eigenvalue weighted by atomic mass is 19.1. The van der Waals surface area contributed by atoms with Gasteiger partial charge in [-0.1, -0.05) is 6.07 Å². The van der Waals surface area contributed by atoms with Crippen molar-refractivity contribution in [1.29, 1.82) is 0 Å². The lowest BCUT2D eigenvalue weighted by molar-refractivity contribution is 0.271. The fourth-order valence-corrected chi connectivity index (χ4v) is 1.79. The Morgan fingerprint density at radius 1 is 0.950 bits per heavy atom. The molecule has 0 saturated heterocycles. The van der Waals surface area contributed by atoms with Crippen LogP contribution in [0.4, 0.5) is 8.78 Å². The van der Waals surface area contributed by atoms with E-state index in [9.17, 15) is 8.78 Å². The monoisotopic (exact) mass is 280 g/mol. The van der Waals surface area contributed by atoms with E-state index in [0.717, 1.165) is 6.07 Å². The summed E-state index contributed by atoms with van der Waals surface area (Å²) in [5.74, 6) is -0.415. The van der Waals surface area contributed by atoms with Gasteiger partial charge in [-0.2, -0.15) is 0 Å². The molecule has 2 rings (SSSR count). The van der Waals surface area contributed by atoms with Gasteiger partial charge in [-0.25, -0.2) is 8.78 Å². The van der Waals surface area contributed by atoms with E-state index in [1.54, 1.807) is 18.2 Å². The second-order valence-corrected chi connectivity index (χ2v) is 4.21. The molecule has 0 bridgehead atoms. The lowest BCUT2D eigenvalue weighted by atomic mass is 10.2. The molecule has 0 aliphatic rings. The SMILES string of the molecule is COc1ccc(CO)cc1OCc1cc(F)cc(F)c1. The molecule has 0 aliphatic heterocycles. The molecule has 0 radical (unpaired) electrons. The molecule has 0 heterocycles. The van der Waals surface area contributed by atoms with Gasteiger partial charge in [0.1, 0.15) is 18.2 Å². The molecule has 0 fully saturated rings. The average Bonchev–Trinajstić information content (AvgIpc) is 2.43. The molecule has 2 aromatic carbocycles. The summed E-state index contributed by atoms with van der Waals surface area (Å²) in [7, 11) is 1.49. The zero-order valence-corrected chi connectivity index (χ0v) is 10.9. The number of methoxy groups -OCH3 is 1. The van der Waals surface area contributed by atoms with Crippen LogP contribution in [-0.2, 0) is 13.2 Å². The van der Waals surface area contributed by atoms with E-state index in [0.29, 0.717) is 22.6 Å². The minimum atomic E-state index is -0.653. The van der Waals surface area contributed by atoms with Crippen molar-refractivity contribution in [3.05, 3.63) is 59.2 Å². The molecule has 0 unspecified atom stereocenters. The topological polar surface area (TPSA) is 38.7 Å². The molecule has 106 valence electrons. The van der Waals surface area contributed by atoms with E-state index in [-0.39, 0.29) is 13.2 Å². The van der Waals surface area contributed by atoms with Gasteiger partial charge in [-0.3, -0.25) is 0 Å². The Kier molecular flexibility index (Phi) is 4.53. The molecule has 5 heteroatoms. The van der Waals surface area contributed by atoms with Crippen molar-refractivity contribution in [2.45, 2.75) is 13.2 Å². The van der Waals surface area contributed by atoms with Crippen LogP contribution in [0.1, 0.15) is 11.1 Å². The minimum absolute atomic E-state index is 0.0000775. The first-order chi connectivity index (χ1) is 9.62. The van der Waals surface area contributed by atoms with Crippen LogP contribution in [-0.4, -0.2) is 12.2 Å². The lowest BCUT2D eigenvalue weighted by Gasteiger charge is -2.12. The van der Waals surface area contributed by atoms with E-state index in [1.165, 1.54) is 19.2 Å². The largest absolute Gasteiger partial charge is 0.493 e. The molecule has 0 spiro atoms. The highest BCUT2D eigenvalue weighted by molar-refractivity contribution is 5.42.